The van der Waals surface area contributed by atoms with Crippen LogP contribution in [0.3, 0.4) is 0 Å². The molecule has 0 aliphatic carbocycles. The van der Waals surface area contributed by atoms with Gasteiger partial charge in [0.05, 0.1) is 12.0 Å². The monoisotopic (exact) mass is 275 g/mol. The van der Waals surface area contributed by atoms with Crippen molar-refractivity contribution >= 4 is 28.7 Å². The Labute approximate surface area is 113 Å². The summed E-state index contributed by atoms with van der Waals surface area (Å²) in [5.74, 6) is -2.68. The van der Waals surface area contributed by atoms with E-state index >= 15 is 0 Å². The van der Waals surface area contributed by atoms with Gasteiger partial charge >= 0.3 is 5.97 Å². The summed E-state index contributed by atoms with van der Waals surface area (Å²) in [7, 11) is 0. The van der Waals surface area contributed by atoms with E-state index in [2.05, 4.69) is 10.3 Å². The number of rotatable bonds is 5. The second kappa shape index (κ2) is 5.43. The molecule has 0 saturated heterocycles. The maximum Gasteiger partial charge on any atom is 0.326 e. The molecular weight excluding hydrogens is 262 g/mol. The van der Waals surface area contributed by atoms with E-state index in [1.165, 1.54) is 6.20 Å². The van der Waals surface area contributed by atoms with E-state index in [9.17, 15) is 14.4 Å². The van der Waals surface area contributed by atoms with E-state index in [4.69, 9.17) is 10.8 Å². The highest BCUT2D eigenvalue weighted by molar-refractivity contribution is 6.07. The van der Waals surface area contributed by atoms with Gasteiger partial charge in [-0.15, -0.1) is 0 Å². The number of aliphatic carboxylic acids is 1. The minimum absolute atomic E-state index is 0.316. The van der Waals surface area contributed by atoms with Gasteiger partial charge in [0.2, 0.25) is 5.91 Å². The largest absolute Gasteiger partial charge is 0.480 e. The normalized spacial score (nSPS) is 12.0. The zero-order valence-electron chi connectivity index (χ0n) is 10.4. The van der Waals surface area contributed by atoms with Gasteiger partial charge in [-0.25, -0.2) is 4.79 Å². The summed E-state index contributed by atoms with van der Waals surface area (Å²) >= 11 is 0. The van der Waals surface area contributed by atoms with E-state index in [0.29, 0.717) is 10.9 Å². The van der Waals surface area contributed by atoms with Crippen LogP contribution in [0.5, 0.6) is 0 Å². The van der Waals surface area contributed by atoms with Crippen LogP contribution in [0.1, 0.15) is 16.8 Å². The number of carboxylic acid groups (broad SMARTS) is 1. The van der Waals surface area contributed by atoms with Crippen LogP contribution >= 0.6 is 0 Å². The Morgan fingerprint density at radius 2 is 2.00 bits per heavy atom. The van der Waals surface area contributed by atoms with Crippen LogP contribution in [0, 0.1) is 0 Å². The Morgan fingerprint density at radius 1 is 1.30 bits per heavy atom. The van der Waals surface area contributed by atoms with Gasteiger partial charge < -0.3 is 21.1 Å². The number of para-hydroxylation sites is 1. The Kier molecular flexibility index (Phi) is 3.69. The first-order valence-corrected chi connectivity index (χ1v) is 5.87. The molecule has 7 nitrogen and oxygen atoms in total. The zero-order valence-corrected chi connectivity index (χ0v) is 10.4. The molecule has 1 aromatic heterocycles. The molecule has 0 aliphatic heterocycles. The second-order valence-electron chi connectivity index (χ2n) is 4.28. The highest BCUT2D eigenvalue weighted by Gasteiger charge is 2.23. The maximum atomic E-state index is 12.1. The molecule has 1 aromatic carbocycles. The maximum absolute atomic E-state index is 12.1. The van der Waals surface area contributed by atoms with Crippen LogP contribution in [-0.2, 0) is 9.59 Å². The number of H-pyrrole nitrogens is 1. The molecule has 104 valence electrons. The average Bonchev–Trinajstić information content (AvgIpc) is 2.81. The molecule has 0 aliphatic rings. The molecule has 2 amide bonds. The average molecular weight is 275 g/mol. The molecular formula is C13H13N3O4. The SMILES string of the molecule is NC(=O)C[C@H](NC(=O)c1c[nH]c2ccccc12)C(=O)O. The van der Waals surface area contributed by atoms with Crippen LogP contribution < -0.4 is 11.1 Å². The summed E-state index contributed by atoms with van der Waals surface area (Å²) in [5, 5.41) is 11.9. The minimum atomic E-state index is -1.34. The number of aromatic nitrogens is 1. The molecule has 0 spiro atoms. The number of primary amides is 1. The van der Waals surface area contributed by atoms with Crippen LogP contribution in [0.4, 0.5) is 0 Å². The van der Waals surface area contributed by atoms with E-state index in [0.717, 1.165) is 5.52 Å². The van der Waals surface area contributed by atoms with Gasteiger partial charge in [-0.2, -0.15) is 0 Å². The summed E-state index contributed by atoms with van der Waals surface area (Å²) in [4.78, 5) is 36.8. The lowest BCUT2D eigenvalue weighted by molar-refractivity contribution is -0.140. The highest BCUT2D eigenvalue weighted by atomic mass is 16.4. The quantitative estimate of drug-likeness (QED) is 0.623. The van der Waals surface area contributed by atoms with Crippen LogP contribution in [0.25, 0.3) is 10.9 Å². The zero-order chi connectivity index (χ0) is 14.7. The number of amides is 2. The number of aromatic amines is 1. The van der Waals surface area contributed by atoms with Gasteiger partial charge in [-0.05, 0) is 6.07 Å². The molecule has 2 aromatic rings. The molecule has 7 heteroatoms. The van der Waals surface area contributed by atoms with E-state index < -0.39 is 30.2 Å². The molecule has 1 atom stereocenters. The smallest absolute Gasteiger partial charge is 0.326 e. The van der Waals surface area contributed by atoms with E-state index in [-0.39, 0.29) is 0 Å². The lowest BCUT2D eigenvalue weighted by atomic mass is 10.1. The van der Waals surface area contributed by atoms with Gasteiger partial charge in [0.25, 0.3) is 5.91 Å². The van der Waals surface area contributed by atoms with Crippen LogP contribution in [0.15, 0.2) is 30.5 Å². The number of benzene rings is 1. The second-order valence-corrected chi connectivity index (χ2v) is 4.28. The predicted molar refractivity (Wildman–Crippen MR) is 71.0 cm³/mol. The fraction of sp³-hybridized carbons (Fsp3) is 0.154. The number of carbonyl (C=O) groups is 3. The number of hydrogen-bond acceptors (Lipinski definition) is 3. The first-order valence-electron chi connectivity index (χ1n) is 5.87. The number of nitrogens with one attached hydrogen (secondary N) is 2. The lowest BCUT2D eigenvalue weighted by Gasteiger charge is -2.12. The Morgan fingerprint density at radius 3 is 2.65 bits per heavy atom. The molecule has 1 heterocycles. The Balaban J connectivity index is 2.22. The highest BCUT2D eigenvalue weighted by Crippen LogP contribution is 2.17. The molecule has 2 rings (SSSR count). The third kappa shape index (κ3) is 2.77. The summed E-state index contributed by atoms with van der Waals surface area (Å²) < 4.78 is 0. The molecule has 5 N–H and O–H groups in total. The van der Waals surface area contributed by atoms with Crippen molar-refractivity contribution in [2.45, 2.75) is 12.5 Å². The van der Waals surface area contributed by atoms with Gasteiger partial charge in [0, 0.05) is 17.1 Å². The summed E-state index contributed by atoms with van der Waals surface area (Å²) in [5.41, 5.74) is 6.04. The van der Waals surface area contributed by atoms with Crippen LogP contribution in [0.2, 0.25) is 0 Å². The number of carbonyl (C=O) groups excluding carboxylic acids is 2. The molecule has 20 heavy (non-hydrogen) atoms. The van der Waals surface area contributed by atoms with Crippen LogP contribution in [-0.4, -0.2) is 33.9 Å². The third-order valence-corrected chi connectivity index (χ3v) is 2.84. The summed E-state index contributed by atoms with van der Waals surface area (Å²) in [6.07, 6.45) is 1.03. The van der Waals surface area contributed by atoms with Crippen molar-refractivity contribution in [2.75, 3.05) is 0 Å². The minimum Gasteiger partial charge on any atom is -0.480 e. The van der Waals surface area contributed by atoms with Crippen molar-refractivity contribution in [3.8, 4) is 0 Å². The Hall–Kier alpha value is -2.83. The molecule has 0 saturated carbocycles. The number of fused-ring (bicyclic) bond motifs is 1. The van der Waals surface area contributed by atoms with Crippen molar-refractivity contribution in [3.05, 3.63) is 36.0 Å². The number of nitrogens with two attached hydrogens (primary N) is 1. The van der Waals surface area contributed by atoms with Crippen molar-refractivity contribution in [1.82, 2.24) is 10.3 Å². The van der Waals surface area contributed by atoms with Gasteiger partial charge in [0.15, 0.2) is 0 Å². The van der Waals surface area contributed by atoms with Crippen molar-refractivity contribution < 1.29 is 19.5 Å². The number of hydrogen-bond donors (Lipinski definition) is 4. The van der Waals surface area contributed by atoms with E-state index in [1.54, 1.807) is 18.2 Å². The van der Waals surface area contributed by atoms with Crippen molar-refractivity contribution in [2.24, 2.45) is 5.73 Å². The standard InChI is InChI=1S/C13H13N3O4/c14-11(17)5-10(13(19)20)16-12(18)8-6-15-9-4-2-1-3-7(8)9/h1-4,6,10,15H,5H2,(H2,14,17)(H,16,18)(H,19,20)/t10-/m0/s1. The molecule has 0 radical (unpaired) electrons. The van der Waals surface area contributed by atoms with Crippen molar-refractivity contribution in [1.29, 1.82) is 0 Å². The summed E-state index contributed by atoms with van der Waals surface area (Å²) in [6, 6.07) is 5.78. The fourth-order valence-electron chi connectivity index (χ4n) is 1.90. The molecule has 0 unspecified atom stereocenters. The summed E-state index contributed by atoms with van der Waals surface area (Å²) in [6.45, 7) is 0. The van der Waals surface area contributed by atoms with Gasteiger partial charge in [-0.1, -0.05) is 18.2 Å². The number of carboxylic acids is 1. The fourth-order valence-corrected chi connectivity index (χ4v) is 1.90. The lowest BCUT2D eigenvalue weighted by Crippen LogP contribution is -2.43. The first-order chi connectivity index (χ1) is 9.49. The Bertz CT molecular complexity index is 677. The molecule has 0 bridgehead atoms. The topological polar surface area (TPSA) is 125 Å². The van der Waals surface area contributed by atoms with E-state index in [1.807, 2.05) is 6.07 Å². The van der Waals surface area contributed by atoms with Gasteiger partial charge in [0.1, 0.15) is 6.04 Å². The molecule has 0 fully saturated rings. The third-order valence-electron chi connectivity index (χ3n) is 2.84. The van der Waals surface area contributed by atoms with Crippen molar-refractivity contribution in [3.63, 3.8) is 0 Å². The first kappa shape index (κ1) is 13.6. The van der Waals surface area contributed by atoms with Gasteiger partial charge in [-0.3, -0.25) is 9.59 Å². The predicted octanol–water partition coefficient (Wildman–Crippen LogP) is 0.226.